The number of nitrogens with one attached hydrogen (secondary N) is 1. The lowest BCUT2D eigenvalue weighted by molar-refractivity contribution is -0.153. The van der Waals surface area contributed by atoms with Crippen LogP contribution in [0, 0.1) is 6.92 Å². The molecule has 2 aromatic heterocycles. The zero-order chi connectivity index (χ0) is 24.2. The standard InChI is InChI=1S/C26H26N2O5S/c1-15(2)33-21(26(30)31)13-17-11-19-9-10-32-22(19)20(12-17)14-27-24(29)23-16(3)28-25(34-23)18-7-5-4-6-8-18/h4-12,15,21H,13-14H2,1-3H3,(H,27,29)(H,30,31). The summed E-state index contributed by atoms with van der Waals surface area (Å²) in [5, 5.41) is 14.1. The predicted molar refractivity (Wildman–Crippen MR) is 131 cm³/mol. The molecule has 1 amide bonds. The number of rotatable bonds is 9. The number of hydrogen-bond donors (Lipinski definition) is 2. The fourth-order valence-electron chi connectivity index (χ4n) is 3.78. The van der Waals surface area contributed by atoms with Gasteiger partial charge in [0.15, 0.2) is 6.10 Å². The van der Waals surface area contributed by atoms with Crippen LogP contribution in [0.15, 0.2) is 59.2 Å². The van der Waals surface area contributed by atoms with Crippen LogP contribution in [0.1, 0.15) is 40.3 Å². The van der Waals surface area contributed by atoms with Crippen molar-refractivity contribution in [1.29, 1.82) is 0 Å². The second-order valence-electron chi connectivity index (χ2n) is 8.29. The number of benzene rings is 2. The molecule has 2 heterocycles. The Morgan fingerprint density at radius 2 is 1.94 bits per heavy atom. The number of carboxylic acid groups (broad SMARTS) is 1. The number of furan rings is 1. The van der Waals surface area contributed by atoms with E-state index in [-0.39, 0.29) is 25.0 Å². The number of amides is 1. The monoisotopic (exact) mass is 478 g/mol. The van der Waals surface area contributed by atoms with Gasteiger partial charge in [0.25, 0.3) is 5.91 Å². The van der Waals surface area contributed by atoms with Gasteiger partial charge in [-0.15, -0.1) is 11.3 Å². The highest BCUT2D eigenvalue weighted by atomic mass is 32.1. The molecule has 0 aliphatic carbocycles. The van der Waals surface area contributed by atoms with Crippen LogP contribution < -0.4 is 5.32 Å². The van der Waals surface area contributed by atoms with Crippen LogP contribution in [0.2, 0.25) is 0 Å². The normalized spacial score (nSPS) is 12.2. The smallest absolute Gasteiger partial charge is 0.333 e. The third-order valence-corrected chi connectivity index (χ3v) is 6.49. The average molecular weight is 479 g/mol. The van der Waals surface area contributed by atoms with Crippen LogP contribution in [0.4, 0.5) is 0 Å². The van der Waals surface area contributed by atoms with E-state index in [2.05, 4.69) is 10.3 Å². The number of hydrogen-bond acceptors (Lipinski definition) is 6. The first kappa shape index (κ1) is 23.7. The molecule has 0 aliphatic rings. The second-order valence-corrected chi connectivity index (χ2v) is 9.29. The number of carbonyl (C=O) groups excluding carboxylic acids is 1. The zero-order valence-corrected chi connectivity index (χ0v) is 20.0. The molecule has 0 saturated heterocycles. The van der Waals surface area contributed by atoms with Crippen molar-refractivity contribution in [2.45, 2.75) is 45.9 Å². The Kier molecular flexibility index (Phi) is 7.09. The van der Waals surface area contributed by atoms with Crippen LogP contribution in [0.3, 0.4) is 0 Å². The maximum absolute atomic E-state index is 13.0. The van der Waals surface area contributed by atoms with Gasteiger partial charge in [-0.05, 0) is 38.5 Å². The van der Waals surface area contributed by atoms with Gasteiger partial charge in [-0.25, -0.2) is 9.78 Å². The number of thiazole rings is 1. The molecule has 1 atom stereocenters. The van der Waals surface area contributed by atoms with Gasteiger partial charge in [0.1, 0.15) is 15.5 Å². The Hall–Kier alpha value is -3.49. The van der Waals surface area contributed by atoms with Crippen molar-refractivity contribution in [2.24, 2.45) is 0 Å². The number of carbonyl (C=O) groups is 2. The van der Waals surface area contributed by atoms with Gasteiger partial charge in [0.2, 0.25) is 0 Å². The number of aryl methyl sites for hydroxylation is 1. The van der Waals surface area contributed by atoms with Crippen molar-refractivity contribution in [1.82, 2.24) is 10.3 Å². The van der Waals surface area contributed by atoms with Gasteiger partial charge in [-0.2, -0.15) is 0 Å². The van der Waals surface area contributed by atoms with Gasteiger partial charge >= 0.3 is 5.97 Å². The van der Waals surface area contributed by atoms with Gasteiger partial charge in [-0.3, -0.25) is 4.79 Å². The van der Waals surface area contributed by atoms with E-state index in [9.17, 15) is 14.7 Å². The molecule has 0 radical (unpaired) electrons. The van der Waals surface area contributed by atoms with E-state index in [4.69, 9.17) is 9.15 Å². The van der Waals surface area contributed by atoms with E-state index >= 15 is 0 Å². The minimum absolute atomic E-state index is 0.207. The average Bonchev–Trinajstić information content (AvgIpc) is 3.43. The molecule has 1 unspecified atom stereocenters. The molecule has 176 valence electrons. The lowest BCUT2D eigenvalue weighted by atomic mass is 10.0. The summed E-state index contributed by atoms with van der Waals surface area (Å²) in [6, 6.07) is 15.3. The Morgan fingerprint density at radius 3 is 2.65 bits per heavy atom. The minimum Gasteiger partial charge on any atom is -0.479 e. The van der Waals surface area contributed by atoms with E-state index in [1.54, 1.807) is 20.1 Å². The van der Waals surface area contributed by atoms with Gasteiger partial charge < -0.3 is 19.6 Å². The summed E-state index contributed by atoms with van der Waals surface area (Å²) >= 11 is 1.35. The van der Waals surface area contributed by atoms with E-state index in [1.807, 2.05) is 55.5 Å². The first-order valence-electron chi connectivity index (χ1n) is 11.0. The number of aliphatic carboxylic acids is 1. The van der Waals surface area contributed by atoms with Crippen molar-refractivity contribution < 1.29 is 23.8 Å². The van der Waals surface area contributed by atoms with E-state index < -0.39 is 12.1 Å². The third-order valence-electron chi connectivity index (χ3n) is 5.28. The Labute approximate surface area is 201 Å². The van der Waals surface area contributed by atoms with Crippen LogP contribution >= 0.6 is 11.3 Å². The summed E-state index contributed by atoms with van der Waals surface area (Å²) in [6.07, 6.45) is 0.631. The molecule has 8 heteroatoms. The third kappa shape index (κ3) is 5.35. The maximum atomic E-state index is 13.0. The lowest BCUT2D eigenvalue weighted by Gasteiger charge is -2.17. The molecule has 7 nitrogen and oxygen atoms in total. The Morgan fingerprint density at radius 1 is 1.18 bits per heavy atom. The highest BCUT2D eigenvalue weighted by Gasteiger charge is 2.22. The van der Waals surface area contributed by atoms with Crippen molar-refractivity contribution in [3.8, 4) is 10.6 Å². The van der Waals surface area contributed by atoms with E-state index in [0.29, 0.717) is 16.2 Å². The Balaban J connectivity index is 1.53. The maximum Gasteiger partial charge on any atom is 0.333 e. The summed E-state index contributed by atoms with van der Waals surface area (Å²) in [6.45, 7) is 5.67. The molecule has 0 bridgehead atoms. The molecule has 0 fully saturated rings. The van der Waals surface area contributed by atoms with Crippen molar-refractivity contribution in [3.05, 3.63) is 76.5 Å². The molecule has 4 aromatic rings. The van der Waals surface area contributed by atoms with Crippen molar-refractivity contribution >= 4 is 34.2 Å². The van der Waals surface area contributed by atoms with E-state index in [1.165, 1.54) is 11.3 Å². The minimum atomic E-state index is -1.01. The first-order chi connectivity index (χ1) is 16.3. The largest absolute Gasteiger partial charge is 0.479 e. The summed E-state index contributed by atoms with van der Waals surface area (Å²) in [4.78, 5) is 29.7. The zero-order valence-electron chi connectivity index (χ0n) is 19.2. The van der Waals surface area contributed by atoms with Crippen LogP contribution in [0.25, 0.3) is 21.5 Å². The molecule has 0 spiro atoms. The number of nitrogens with zero attached hydrogens (tertiary/aromatic N) is 1. The fraction of sp³-hybridized carbons (Fsp3) is 0.269. The number of carboxylic acids is 1. The summed E-state index contributed by atoms with van der Waals surface area (Å²) in [5.74, 6) is -1.22. The molecule has 34 heavy (non-hydrogen) atoms. The summed E-state index contributed by atoms with van der Waals surface area (Å²) < 4.78 is 11.2. The molecule has 2 N–H and O–H groups in total. The quantitative estimate of drug-likeness (QED) is 0.342. The fourth-order valence-corrected chi connectivity index (χ4v) is 4.77. The lowest BCUT2D eigenvalue weighted by Crippen LogP contribution is -2.29. The van der Waals surface area contributed by atoms with Gasteiger partial charge in [0.05, 0.1) is 18.1 Å². The highest BCUT2D eigenvalue weighted by Crippen LogP contribution is 2.28. The number of aromatic nitrogens is 1. The van der Waals surface area contributed by atoms with Crippen molar-refractivity contribution in [2.75, 3.05) is 0 Å². The van der Waals surface area contributed by atoms with Gasteiger partial charge in [-0.1, -0.05) is 36.4 Å². The topological polar surface area (TPSA) is 102 Å². The van der Waals surface area contributed by atoms with Crippen molar-refractivity contribution in [3.63, 3.8) is 0 Å². The molecule has 4 rings (SSSR count). The summed E-state index contributed by atoms with van der Waals surface area (Å²) in [7, 11) is 0. The van der Waals surface area contributed by atoms with E-state index in [0.717, 1.165) is 27.1 Å². The Bertz CT molecular complexity index is 1310. The van der Waals surface area contributed by atoms with Gasteiger partial charge in [0, 0.05) is 29.5 Å². The predicted octanol–water partition coefficient (Wildman–Crippen LogP) is 5.22. The van der Waals surface area contributed by atoms with Crippen LogP contribution in [-0.2, 0) is 22.5 Å². The first-order valence-corrected chi connectivity index (χ1v) is 11.8. The highest BCUT2D eigenvalue weighted by molar-refractivity contribution is 7.17. The molecule has 0 aliphatic heterocycles. The SMILES string of the molecule is Cc1nc(-c2ccccc2)sc1C(=O)NCc1cc(CC(OC(C)C)C(=O)O)cc2ccoc12. The number of fused-ring (bicyclic) bond motifs is 1. The molecule has 2 aromatic carbocycles. The molecule has 0 saturated carbocycles. The molecular formula is C26H26N2O5S. The molecular weight excluding hydrogens is 452 g/mol. The van der Waals surface area contributed by atoms with Crippen LogP contribution in [-0.4, -0.2) is 34.2 Å². The second kappa shape index (κ2) is 10.2. The van der Waals surface area contributed by atoms with Crippen LogP contribution in [0.5, 0.6) is 0 Å². The number of ether oxygens (including phenoxy) is 1. The summed E-state index contributed by atoms with van der Waals surface area (Å²) in [5.41, 5.74) is 3.87.